The van der Waals surface area contributed by atoms with Gasteiger partial charge in [-0.05, 0) is 42.5 Å². The van der Waals surface area contributed by atoms with Crippen LogP contribution in [0.5, 0.6) is 0 Å². The molecule has 0 spiro atoms. The molecule has 2 aliphatic rings. The Labute approximate surface area is 181 Å². The molecule has 2 aromatic rings. The average Bonchev–Trinajstić information content (AvgIpc) is 2.67. The van der Waals surface area contributed by atoms with Crippen molar-refractivity contribution in [2.24, 2.45) is 5.41 Å². The van der Waals surface area contributed by atoms with E-state index >= 15 is 0 Å². The number of hydrogen-bond donors (Lipinski definition) is 2. The third-order valence-corrected chi connectivity index (χ3v) is 5.96. The van der Waals surface area contributed by atoms with Crippen LogP contribution in [0.2, 0.25) is 5.02 Å². The number of aromatic nitrogens is 1. The second kappa shape index (κ2) is 7.73. The van der Waals surface area contributed by atoms with Crippen LogP contribution in [0.4, 0.5) is 5.69 Å². The second-order valence-corrected chi connectivity index (χ2v) is 9.05. The molecule has 1 aromatic heterocycles. The Kier molecular flexibility index (Phi) is 5.24. The number of benzene rings is 1. The summed E-state index contributed by atoms with van der Waals surface area (Å²) in [5.41, 5.74) is 3.97. The first-order chi connectivity index (χ1) is 14.3. The van der Waals surface area contributed by atoms with Crippen LogP contribution in [0.15, 0.2) is 71.3 Å². The monoisotopic (exact) mass is 421 g/mol. The molecule has 30 heavy (non-hydrogen) atoms. The molecule has 4 rings (SSSR count). The lowest BCUT2D eigenvalue weighted by Crippen LogP contribution is -2.39. The molecule has 1 atom stereocenters. The van der Waals surface area contributed by atoms with E-state index in [-0.39, 0.29) is 17.1 Å². The summed E-state index contributed by atoms with van der Waals surface area (Å²) in [5.74, 6) is -0.741. The maximum atomic E-state index is 13.4. The molecular weight excluding hydrogens is 398 g/mol. The van der Waals surface area contributed by atoms with Gasteiger partial charge in [0.15, 0.2) is 5.78 Å². The molecule has 1 aliphatic carbocycles. The maximum Gasteiger partial charge on any atom is 0.254 e. The number of pyridine rings is 1. The number of anilines is 1. The summed E-state index contributed by atoms with van der Waals surface area (Å²) < 4.78 is 0. The number of carbonyl (C=O) groups excluding carboxylic acids is 2. The molecule has 154 valence electrons. The van der Waals surface area contributed by atoms with Crippen LogP contribution in [-0.4, -0.2) is 16.7 Å². The zero-order chi connectivity index (χ0) is 21.5. The molecule has 1 amide bonds. The highest BCUT2D eigenvalue weighted by molar-refractivity contribution is 6.31. The summed E-state index contributed by atoms with van der Waals surface area (Å²) >= 11 is 6.55. The normalized spacial score (nSPS) is 20.5. The van der Waals surface area contributed by atoms with Gasteiger partial charge < -0.3 is 10.6 Å². The minimum Gasteiger partial charge on any atom is -0.362 e. The van der Waals surface area contributed by atoms with E-state index in [0.29, 0.717) is 28.3 Å². The summed E-state index contributed by atoms with van der Waals surface area (Å²) in [4.78, 5) is 30.7. The van der Waals surface area contributed by atoms with Crippen LogP contribution >= 0.6 is 11.6 Å². The fourth-order valence-corrected chi connectivity index (χ4v) is 4.64. The number of Topliss-reactive ketones (excluding diaryl/α,β-unsaturated/α-hetero) is 1. The number of hydrogen-bond acceptors (Lipinski definition) is 4. The highest BCUT2D eigenvalue weighted by atomic mass is 35.5. The first kappa shape index (κ1) is 20.4. The van der Waals surface area contributed by atoms with Gasteiger partial charge in [-0.1, -0.05) is 43.6 Å². The lowest BCUT2D eigenvalue weighted by Gasteiger charge is -2.39. The number of amides is 1. The van der Waals surface area contributed by atoms with Crippen molar-refractivity contribution in [2.45, 2.75) is 39.5 Å². The Morgan fingerprint density at radius 3 is 2.67 bits per heavy atom. The standard InChI is InChI=1S/C24H24ClN3O2/c1-14-20(23(30)28-15-7-6-10-26-13-15)21(16-8-4-5-9-17(16)25)22-18(27-14)11-24(2,3)12-19(22)29/h4-10,13,21,27H,11-12H2,1-3H3,(H,28,30). The molecule has 5 nitrogen and oxygen atoms in total. The van der Waals surface area contributed by atoms with Gasteiger partial charge in [-0.2, -0.15) is 0 Å². The van der Waals surface area contributed by atoms with Gasteiger partial charge in [0.25, 0.3) is 5.91 Å². The van der Waals surface area contributed by atoms with Crippen LogP contribution in [0, 0.1) is 5.41 Å². The minimum absolute atomic E-state index is 0.0536. The van der Waals surface area contributed by atoms with Gasteiger partial charge in [0.2, 0.25) is 0 Å². The van der Waals surface area contributed by atoms with Crippen LogP contribution in [0.25, 0.3) is 0 Å². The van der Waals surface area contributed by atoms with Crippen molar-refractivity contribution in [3.8, 4) is 0 Å². The summed E-state index contributed by atoms with van der Waals surface area (Å²) in [5, 5.41) is 6.81. The van der Waals surface area contributed by atoms with Gasteiger partial charge >= 0.3 is 0 Å². The van der Waals surface area contributed by atoms with Gasteiger partial charge in [-0.25, -0.2) is 0 Å². The lowest BCUT2D eigenvalue weighted by molar-refractivity contribution is -0.118. The Balaban J connectivity index is 1.84. The van der Waals surface area contributed by atoms with Crippen molar-refractivity contribution in [3.63, 3.8) is 0 Å². The third kappa shape index (κ3) is 3.77. The first-order valence-electron chi connectivity index (χ1n) is 9.97. The molecule has 0 saturated carbocycles. The van der Waals surface area contributed by atoms with E-state index < -0.39 is 5.92 Å². The maximum absolute atomic E-state index is 13.4. The predicted molar refractivity (Wildman–Crippen MR) is 118 cm³/mol. The van der Waals surface area contributed by atoms with Gasteiger partial charge in [0.05, 0.1) is 11.9 Å². The number of carbonyl (C=O) groups is 2. The topological polar surface area (TPSA) is 71.1 Å². The van der Waals surface area contributed by atoms with Crippen molar-refractivity contribution in [1.82, 2.24) is 10.3 Å². The Hall–Kier alpha value is -2.92. The number of dihydropyridines is 1. The highest BCUT2D eigenvalue weighted by Gasteiger charge is 2.43. The average molecular weight is 422 g/mol. The Morgan fingerprint density at radius 1 is 1.20 bits per heavy atom. The van der Waals surface area contributed by atoms with Crippen molar-refractivity contribution >= 4 is 29.0 Å². The van der Waals surface area contributed by atoms with Gasteiger partial charge in [0, 0.05) is 46.1 Å². The van der Waals surface area contributed by atoms with Crippen LogP contribution in [-0.2, 0) is 9.59 Å². The smallest absolute Gasteiger partial charge is 0.254 e. The second-order valence-electron chi connectivity index (χ2n) is 8.65. The molecule has 1 aromatic carbocycles. The van der Waals surface area contributed by atoms with E-state index in [1.807, 2.05) is 25.1 Å². The molecule has 0 radical (unpaired) electrons. The number of halogens is 1. The van der Waals surface area contributed by atoms with Crippen molar-refractivity contribution in [3.05, 3.63) is 81.9 Å². The van der Waals surface area contributed by atoms with Gasteiger partial charge in [0.1, 0.15) is 0 Å². The van der Waals surface area contributed by atoms with Crippen molar-refractivity contribution < 1.29 is 9.59 Å². The molecular formula is C24H24ClN3O2. The first-order valence-corrected chi connectivity index (χ1v) is 10.3. The fraction of sp³-hybridized carbons (Fsp3) is 0.292. The van der Waals surface area contributed by atoms with Crippen molar-refractivity contribution in [2.75, 3.05) is 5.32 Å². The summed E-state index contributed by atoms with van der Waals surface area (Å²) in [6.07, 6.45) is 4.41. The van der Waals surface area contributed by atoms with Gasteiger partial charge in [-0.15, -0.1) is 0 Å². The quantitative estimate of drug-likeness (QED) is 0.733. The molecule has 1 unspecified atom stereocenters. The number of rotatable bonds is 3. The van der Waals surface area contributed by atoms with E-state index in [2.05, 4.69) is 29.5 Å². The molecule has 2 N–H and O–H groups in total. The summed E-state index contributed by atoms with van der Waals surface area (Å²) in [6, 6.07) is 10.9. The molecule has 6 heteroatoms. The zero-order valence-corrected chi connectivity index (χ0v) is 18.0. The molecule has 0 fully saturated rings. The highest BCUT2D eigenvalue weighted by Crippen LogP contribution is 2.47. The SMILES string of the molecule is CC1=C(C(=O)Nc2cccnc2)C(c2ccccc2Cl)C2=C(CC(C)(C)CC2=O)N1. The predicted octanol–water partition coefficient (Wildman–Crippen LogP) is 4.98. The minimum atomic E-state index is -0.518. The van der Waals surface area contributed by atoms with Crippen LogP contribution < -0.4 is 10.6 Å². The number of nitrogens with one attached hydrogen (secondary N) is 2. The summed E-state index contributed by atoms with van der Waals surface area (Å²) in [6.45, 7) is 6.05. The molecule has 0 bridgehead atoms. The van der Waals surface area contributed by atoms with Crippen LogP contribution in [0.1, 0.15) is 45.1 Å². The van der Waals surface area contributed by atoms with E-state index in [0.717, 1.165) is 23.4 Å². The molecule has 0 saturated heterocycles. The Morgan fingerprint density at radius 2 is 1.97 bits per heavy atom. The largest absolute Gasteiger partial charge is 0.362 e. The molecule has 1 aliphatic heterocycles. The third-order valence-electron chi connectivity index (χ3n) is 5.62. The number of allylic oxidation sites excluding steroid dienone is 3. The van der Waals surface area contributed by atoms with E-state index in [1.54, 1.807) is 30.6 Å². The van der Waals surface area contributed by atoms with Crippen LogP contribution in [0.3, 0.4) is 0 Å². The van der Waals surface area contributed by atoms with E-state index in [9.17, 15) is 9.59 Å². The lowest BCUT2D eigenvalue weighted by atomic mass is 9.68. The van der Waals surface area contributed by atoms with Crippen molar-refractivity contribution in [1.29, 1.82) is 0 Å². The number of nitrogens with zero attached hydrogens (tertiary/aromatic N) is 1. The number of ketones is 1. The fourth-order valence-electron chi connectivity index (χ4n) is 4.39. The summed E-state index contributed by atoms with van der Waals surface area (Å²) in [7, 11) is 0. The Bertz CT molecular complexity index is 1090. The van der Waals surface area contributed by atoms with E-state index in [1.165, 1.54) is 0 Å². The molecule has 2 heterocycles. The van der Waals surface area contributed by atoms with E-state index in [4.69, 9.17) is 11.6 Å². The zero-order valence-electron chi connectivity index (χ0n) is 17.3. The van der Waals surface area contributed by atoms with Gasteiger partial charge in [-0.3, -0.25) is 14.6 Å².